The lowest BCUT2D eigenvalue weighted by Gasteiger charge is -2.09. The van der Waals surface area contributed by atoms with Gasteiger partial charge in [0.2, 0.25) is 5.88 Å². The van der Waals surface area contributed by atoms with Crippen LogP contribution in [0, 0.1) is 6.92 Å². The molecule has 4 heteroatoms. The third kappa shape index (κ3) is 1.88. The van der Waals surface area contributed by atoms with Crippen LogP contribution in [-0.2, 0) is 0 Å². The van der Waals surface area contributed by atoms with Crippen LogP contribution in [0.4, 0.5) is 0 Å². The summed E-state index contributed by atoms with van der Waals surface area (Å²) in [5.41, 5.74) is 4.48. The lowest BCUT2D eigenvalue weighted by atomic mass is 10.0. The Balaban J connectivity index is 2.11. The van der Waals surface area contributed by atoms with Gasteiger partial charge in [-0.15, -0.1) is 0 Å². The van der Waals surface area contributed by atoms with E-state index < -0.39 is 0 Å². The molecule has 94 valence electrons. The largest absolute Gasteiger partial charge is 0.478 e. The molecule has 0 aliphatic heterocycles. The van der Waals surface area contributed by atoms with E-state index in [4.69, 9.17) is 4.74 Å². The fourth-order valence-corrected chi connectivity index (χ4v) is 2.27. The maximum Gasteiger partial charge on any atom is 0.221 e. The quantitative estimate of drug-likeness (QED) is 0.897. The summed E-state index contributed by atoms with van der Waals surface area (Å²) in [6, 6.07) is 4.00. The Morgan fingerprint density at radius 1 is 1.44 bits per heavy atom. The van der Waals surface area contributed by atoms with Gasteiger partial charge in [0.15, 0.2) is 0 Å². The highest BCUT2D eigenvalue weighted by atomic mass is 16.5. The smallest absolute Gasteiger partial charge is 0.221 e. The minimum absolute atomic E-state index is 0.611. The van der Waals surface area contributed by atoms with Crippen molar-refractivity contribution in [2.45, 2.75) is 32.6 Å². The van der Waals surface area contributed by atoms with Crippen molar-refractivity contribution in [3.05, 3.63) is 29.7 Å². The second-order valence-corrected chi connectivity index (χ2v) is 4.67. The minimum Gasteiger partial charge on any atom is -0.478 e. The molecule has 0 saturated heterocycles. The van der Waals surface area contributed by atoms with Crippen molar-refractivity contribution >= 4 is 0 Å². The summed E-state index contributed by atoms with van der Waals surface area (Å²) in [7, 11) is 0. The summed E-state index contributed by atoms with van der Waals surface area (Å²) in [6.45, 7) is 4.65. The van der Waals surface area contributed by atoms with Gasteiger partial charge in [0.1, 0.15) is 0 Å². The Labute approximate surface area is 106 Å². The van der Waals surface area contributed by atoms with Gasteiger partial charge in [-0.05, 0) is 38.8 Å². The number of pyridine rings is 1. The number of rotatable bonds is 4. The molecule has 0 radical (unpaired) electrons. The molecule has 2 heterocycles. The predicted molar refractivity (Wildman–Crippen MR) is 69.7 cm³/mol. The summed E-state index contributed by atoms with van der Waals surface area (Å²) in [5, 5.41) is 7.54. The Morgan fingerprint density at radius 2 is 2.28 bits per heavy atom. The summed E-state index contributed by atoms with van der Waals surface area (Å²) in [4.78, 5) is 4.32. The molecule has 0 spiro atoms. The summed E-state index contributed by atoms with van der Waals surface area (Å²) in [6.07, 6.45) is 4.24. The molecule has 0 amide bonds. The Bertz CT molecular complexity index is 558. The number of H-pyrrole nitrogens is 1. The van der Waals surface area contributed by atoms with Crippen molar-refractivity contribution in [2.75, 3.05) is 6.61 Å². The zero-order valence-electron chi connectivity index (χ0n) is 10.7. The van der Waals surface area contributed by atoms with Crippen LogP contribution in [-0.4, -0.2) is 21.8 Å². The van der Waals surface area contributed by atoms with E-state index >= 15 is 0 Å². The number of hydrogen-bond acceptors (Lipinski definition) is 3. The van der Waals surface area contributed by atoms with Crippen LogP contribution in [0.1, 0.15) is 37.1 Å². The number of aromatic amines is 1. The summed E-state index contributed by atoms with van der Waals surface area (Å²) < 4.78 is 5.62. The monoisotopic (exact) mass is 243 g/mol. The van der Waals surface area contributed by atoms with E-state index in [0.717, 1.165) is 11.3 Å². The Morgan fingerprint density at radius 3 is 3.00 bits per heavy atom. The van der Waals surface area contributed by atoms with E-state index in [1.807, 2.05) is 13.0 Å². The Hall–Kier alpha value is -1.84. The van der Waals surface area contributed by atoms with Crippen molar-refractivity contribution < 1.29 is 4.74 Å². The van der Waals surface area contributed by atoms with Gasteiger partial charge in [-0.3, -0.25) is 5.10 Å². The van der Waals surface area contributed by atoms with E-state index in [0.29, 0.717) is 18.4 Å². The van der Waals surface area contributed by atoms with Gasteiger partial charge in [-0.2, -0.15) is 5.10 Å². The molecule has 0 bridgehead atoms. The highest BCUT2D eigenvalue weighted by Crippen LogP contribution is 2.45. The van der Waals surface area contributed by atoms with Gasteiger partial charge in [0.05, 0.1) is 12.3 Å². The summed E-state index contributed by atoms with van der Waals surface area (Å²) in [5.74, 6) is 1.31. The van der Waals surface area contributed by atoms with Crippen molar-refractivity contribution in [2.24, 2.45) is 0 Å². The molecule has 2 aromatic heterocycles. The highest BCUT2D eigenvalue weighted by Gasteiger charge is 2.31. The average molecular weight is 243 g/mol. The molecule has 1 aliphatic rings. The molecule has 3 rings (SSSR count). The third-order valence-corrected chi connectivity index (χ3v) is 3.26. The van der Waals surface area contributed by atoms with Gasteiger partial charge < -0.3 is 4.74 Å². The van der Waals surface area contributed by atoms with Crippen molar-refractivity contribution in [3.63, 3.8) is 0 Å². The normalized spacial score (nSPS) is 14.8. The van der Waals surface area contributed by atoms with Crippen LogP contribution in [0.5, 0.6) is 5.88 Å². The number of ether oxygens (including phenoxy) is 1. The van der Waals surface area contributed by atoms with Crippen LogP contribution in [0.15, 0.2) is 18.3 Å². The van der Waals surface area contributed by atoms with E-state index in [1.165, 1.54) is 24.1 Å². The molecule has 2 aromatic rings. The molecule has 4 nitrogen and oxygen atoms in total. The second kappa shape index (κ2) is 4.44. The fraction of sp³-hybridized carbons (Fsp3) is 0.429. The molecule has 0 aromatic carbocycles. The van der Waals surface area contributed by atoms with E-state index in [2.05, 4.69) is 28.2 Å². The standard InChI is InChI=1S/C14H17N3O/c1-3-18-14-11(5-4-8-15-14)12-9(2)16-17-13(12)10-6-7-10/h4-5,8,10H,3,6-7H2,1-2H3,(H,16,17). The molecule has 1 fully saturated rings. The molecular formula is C14H17N3O. The SMILES string of the molecule is CCOc1ncccc1-c1c(C2CC2)n[nH]c1C. The predicted octanol–water partition coefficient (Wildman–Crippen LogP) is 3.06. The molecule has 0 atom stereocenters. The molecule has 1 saturated carbocycles. The maximum absolute atomic E-state index is 5.62. The third-order valence-electron chi connectivity index (χ3n) is 3.26. The highest BCUT2D eigenvalue weighted by molar-refractivity contribution is 5.73. The zero-order valence-corrected chi connectivity index (χ0v) is 10.7. The van der Waals surface area contributed by atoms with E-state index in [-0.39, 0.29) is 0 Å². The van der Waals surface area contributed by atoms with Gasteiger partial charge in [-0.25, -0.2) is 4.98 Å². The van der Waals surface area contributed by atoms with Crippen molar-refractivity contribution in [1.82, 2.24) is 15.2 Å². The number of nitrogens with zero attached hydrogens (tertiary/aromatic N) is 2. The first-order chi connectivity index (χ1) is 8.81. The van der Waals surface area contributed by atoms with Crippen LogP contribution in [0.2, 0.25) is 0 Å². The van der Waals surface area contributed by atoms with Crippen LogP contribution in [0.3, 0.4) is 0 Å². The zero-order chi connectivity index (χ0) is 12.5. The van der Waals surface area contributed by atoms with Gasteiger partial charge in [0, 0.05) is 28.9 Å². The first-order valence-corrected chi connectivity index (χ1v) is 6.44. The first-order valence-electron chi connectivity index (χ1n) is 6.44. The van der Waals surface area contributed by atoms with Gasteiger partial charge in [-0.1, -0.05) is 0 Å². The maximum atomic E-state index is 5.62. The van der Waals surface area contributed by atoms with Crippen molar-refractivity contribution in [3.8, 4) is 17.0 Å². The number of nitrogens with one attached hydrogen (secondary N) is 1. The van der Waals surface area contributed by atoms with Crippen LogP contribution in [0.25, 0.3) is 11.1 Å². The number of aryl methyl sites for hydroxylation is 1. The van der Waals surface area contributed by atoms with Crippen molar-refractivity contribution in [1.29, 1.82) is 0 Å². The topological polar surface area (TPSA) is 50.8 Å². The number of hydrogen-bond donors (Lipinski definition) is 1. The lowest BCUT2D eigenvalue weighted by Crippen LogP contribution is -1.97. The molecular weight excluding hydrogens is 226 g/mol. The summed E-state index contributed by atoms with van der Waals surface area (Å²) >= 11 is 0. The van der Waals surface area contributed by atoms with Crippen LogP contribution >= 0.6 is 0 Å². The average Bonchev–Trinajstić information content (AvgIpc) is 3.15. The van der Waals surface area contributed by atoms with Gasteiger partial charge >= 0.3 is 0 Å². The fourth-order valence-electron chi connectivity index (χ4n) is 2.27. The Kier molecular flexibility index (Phi) is 2.78. The first kappa shape index (κ1) is 11.3. The molecule has 18 heavy (non-hydrogen) atoms. The van der Waals surface area contributed by atoms with E-state index in [1.54, 1.807) is 6.20 Å². The molecule has 1 N–H and O–H groups in total. The lowest BCUT2D eigenvalue weighted by molar-refractivity contribution is 0.328. The number of aromatic nitrogens is 3. The molecule has 1 aliphatic carbocycles. The van der Waals surface area contributed by atoms with E-state index in [9.17, 15) is 0 Å². The van der Waals surface area contributed by atoms with Crippen LogP contribution < -0.4 is 4.74 Å². The van der Waals surface area contributed by atoms with Gasteiger partial charge in [0.25, 0.3) is 0 Å². The second-order valence-electron chi connectivity index (χ2n) is 4.67. The minimum atomic E-state index is 0.611. The molecule has 0 unspecified atom stereocenters.